The highest BCUT2D eigenvalue weighted by Gasteiger charge is 2.28. The molecule has 0 radical (unpaired) electrons. The Morgan fingerprint density at radius 3 is 2.58 bits per heavy atom. The second kappa shape index (κ2) is 3.72. The van der Waals surface area contributed by atoms with Crippen LogP contribution in [0.1, 0.15) is 26.7 Å². The first-order chi connectivity index (χ1) is 5.52. The average molecular weight is 192 g/mol. The highest BCUT2D eigenvalue weighted by molar-refractivity contribution is 7.90. The molecule has 1 aliphatic rings. The van der Waals surface area contributed by atoms with Crippen molar-refractivity contribution in [3.05, 3.63) is 0 Å². The molecule has 0 spiro atoms. The summed E-state index contributed by atoms with van der Waals surface area (Å²) in [5.41, 5.74) is 0. The first kappa shape index (κ1) is 9.95. The highest BCUT2D eigenvalue weighted by Crippen LogP contribution is 2.10. The van der Waals surface area contributed by atoms with Gasteiger partial charge in [0.2, 0.25) is 10.0 Å². The van der Waals surface area contributed by atoms with Crippen molar-refractivity contribution in [3.8, 4) is 0 Å². The van der Waals surface area contributed by atoms with Crippen LogP contribution in [0.4, 0.5) is 0 Å². The van der Waals surface area contributed by atoms with E-state index < -0.39 is 10.0 Å². The third-order valence-corrected chi connectivity index (χ3v) is 3.74. The molecule has 0 unspecified atom stereocenters. The lowest BCUT2D eigenvalue weighted by Gasteiger charge is -2.14. The van der Waals surface area contributed by atoms with Gasteiger partial charge in [-0.25, -0.2) is 13.1 Å². The van der Waals surface area contributed by atoms with E-state index in [-0.39, 0.29) is 11.4 Å². The van der Waals surface area contributed by atoms with Gasteiger partial charge in [-0.2, -0.15) is 0 Å². The average Bonchev–Trinajstić information content (AvgIpc) is 2.32. The fourth-order valence-electron chi connectivity index (χ4n) is 1.33. The Labute approximate surface area is 73.8 Å². The van der Waals surface area contributed by atoms with E-state index in [1.807, 2.05) is 13.8 Å². The summed E-state index contributed by atoms with van der Waals surface area (Å²) in [6.07, 6.45) is 1.67. The molecule has 1 heterocycles. The maximum absolute atomic E-state index is 11.5. The minimum atomic E-state index is -3.12. The topological polar surface area (TPSA) is 58.2 Å². The zero-order valence-corrected chi connectivity index (χ0v) is 8.32. The molecule has 5 heteroatoms. The van der Waals surface area contributed by atoms with Crippen molar-refractivity contribution in [2.75, 3.05) is 6.54 Å². The second-order valence-corrected chi connectivity index (χ2v) is 5.30. The minimum absolute atomic E-state index is 0.0163. The van der Waals surface area contributed by atoms with Crippen molar-refractivity contribution in [2.45, 2.75) is 38.1 Å². The van der Waals surface area contributed by atoms with Crippen LogP contribution in [-0.2, 0) is 10.0 Å². The van der Waals surface area contributed by atoms with Gasteiger partial charge in [-0.3, -0.25) is 0 Å². The van der Waals surface area contributed by atoms with Gasteiger partial charge in [0.15, 0.2) is 0 Å². The molecule has 0 aliphatic carbocycles. The Kier molecular flexibility index (Phi) is 3.09. The molecule has 2 N–H and O–H groups in total. The Morgan fingerprint density at radius 1 is 1.50 bits per heavy atom. The predicted octanol–water partition coefficient (Wildman–Crippen LogP) is 0.0237. The van der Waals surface area contributed by atoms with Crippen LogP contribution in [0.25, 0.3) is 0 Å². The van der Waals surface area contributed by atoms with Crippen molar-refractivity contribution in [3.63, 3.8) is 0 Å². The fourth-order valence-corrected chi connectivity index (χ4v) is 2.96. The summed E-state index contributed by atoms with van der Waals surface area (Å²) in [6.45, 7) is 4.46. The molecule has 1 atom stereocenters. The van der Waals surface area contributed by atoms with Gasteiger partial charge in [-0.05, 0) is 33.2 Å². The Morgan fingerprint density at radius 2 is 2.17 bits per heavy atom. The lowest BCUT2D eigenvalue weighted by Crippen LogP contribution is -2.42. The molecule has 72 valence electrons. The van der Waals surface area contributed by atoms with Gasteiger partial charge < -0.3 is 5.32 Å². The number of hydrogen-bond donors (Lipinski definition) is 2. The van der Waals surface area contributed by atoms with Crippen LogP contribution in [-0.4, -0.2) is 26.4 Å². The molecular formula is C7H16N2O2S. The highest BCUT2D eigenvalue weighted by atomic mass is 32.2. The summed E-state index contributed by atoms with van der Waals surface area (Å²) in [6, 6.07) is -0.0163. The van der Waals surface area contributed by atoms with Gasteiger partial charge in [-0.1, -0.05) is 0 Å². The van der Waals surface area contributed by atoms with Crippen LogP contribution in [0.2, 0.25) is 0 Å². The molecule has 0 bridgehead atoms. The number of sulfonamides is 1. The summed E-state index contributed by atoms with van der Waals surface area (Å²) in [7, 11) is -3.12. The van der Waals surface area contributed by atoms with E-state index in [0.29, 0.717) is 0 Å². The molecule has 0 aromatic rings. The van der Waals surface area contributed by atoms with Gasteiger partial charge in [-0.15, -0.1) is 0 Å². The molecule has 0 aromatic carbocycles. The lowest BCUT2D eigenvalue weighted by atomic mass is 10.4. The van der Waals surface area contributed by atoms with E-state index in [1.54, 1.807) is 0 Å². The maximum Gasteiger partial charge on any atom is 0.227 e. The molecule has 1 fully saturated rings. The standard InChI is InChI=1S/C7H16N2O2S/c1-6(2)9-12(10,11)7-4-3-5-8-7/h6-9H,3-5H2,1-2H3/t7-/m0/s1. The second-order valence-electron chi connectivity index (χ2n) is 3.40. The first-order valence-electron chi connectivity index (χ1n) is 4.27. The van der Waals surface area contributed by atoms with Gasteiger partial charge in [0.25, 0.3) is 0 Å². The van der Waals surface area contributed by atoms with Crippen molar-refractivity contribution >= 4 is 10.0 Å². The van der Waals surface area contributed by atoms with E-state index in [4.69, 9.17) is 0 Å². The SMILES string of the molecule is CC(C)NS(=O)(=O)[C@H]1CCCN1. The van der Waals surface area contributed by atoms with Crippen molar-refractivity contribution in [1.29, 1.82) is 0 Å². The zero-order chi connectivity index (χ0) is 9.19. The van der Waals surface area contributed by atoms with Gasteiger partial charge in [0.1, 0.15) is 5.37 Å². The Bertz CT molecular complexity index is 230. The van der Waals surface area contributed by atoms with Crippen LogP contribution in [0, 0.1) is 0 Å². The number of hydrogen-bond acceptors (Lipinski definition) is 3. The fraction of sp³-hybridized carbons (Fsp3) is 1.00. The van der Waals surface area contributed by atoms with Crippen LogP contribution in [0.3, 0.4) is 0 Å². The van der Waals surface area contributed by atoms with Gasteiger partial charge >= 0.3 is 0 Å². The third-order valence-electron chi connectivity index (χ3n) is 1.79. The van der Waals surface area contributed by atoms with Crippen LogP contribution < -0.4 is 10.0 Å². The van der Waals surface area contributed by atoms with Crippen LogP contribution in [0.5, 0.6) is 0 Å². The molecule has 1 saturated heterocycles. The van der Waals surface area contributed by atoms with Gasteiger partial charge in [0, 0.05) is 6.04 Å². The monoisotopic (exact) mass is 192 g/mol. The quantitative estimate of drug-likeness (QED) is 0.663. The van der Waals surface area contributed by atoms with Crippen molar-refractivity contribution in [2.24, 2.45) is 0 Å². The van der Waals surface area contributed by atoms with E-state index >= 15 is 0 Å². The molecule has 12 heavy (non-hydrogen) atoms. The molecule has 0 amide bonds. The third kappa shape index (κ3) is 2.43. The van der Waals surface area contributed by atoms with E-state index in [2.05, 4.69) is 10.0 Å². The normalized spacial score (nSPS) is 25.1. The zero-order valence-electron chi connectivity index (χ0n) is 7.50. The number of nitrogens with one attached hydrogen (secondary N) is 2. The van der Waals surface area contributed by atoms with Crippen molar-refractivity contribution < 1.29 is 8.42 Å². The van der Waals surface area contributed by atoms with Crippen LogP contribution in [0.15, 0.2) is 0 Å². The smallest absolute Gasteiger partial charge is 0.227 e. The summed E-state index contributed by atoms with van der Waals surface area (Å²) >= 11 is 0. The summed E-state index contributed by atoms with van der Waals surface area (Å²) < 4.78 is 25.5. The summed E-state index contributed by atoms with van der Waals surface area (Å²) in [4.78, 5) is 0. The molecular weight excluding hydrogens is 176 g/mol. The summed E-state index contributed by atoms with van der Waals surface area (Å²) in [5, 5.41) is 2.58. The number of rotatable bonds is 3. The largest absolute Gasteiger partial charge is 0.300 e. The lowest BCUT2D eigenvalue weighted by molar-refractivity contribution is 0.546. The van der Waals surface area contributed by atoms with E-state index in [1.165, 1.54) is 0 Å². The Balaban J connectivity index is 2.58. The minimum Gasteiger partial charge on any atom is -0.300 e. The maximum atomic E-state index is 11.5. The van der Waals surface area contributed by atoms with E-state index in [0.717, 1.165) is 19.4 Å². The first-order valence-corrected chi connectivity index (χ1v) is 5.81. The van der Waals surface area contributed by atoms with E-state index in [9.17, 15) is 8.42 Å². The predicted molar refractivity (Wildman–Crippen MR) is 48.2 cm³/mol. The van der Waals surface area contributed by atoms with Gasteiger partial charge in [0.05, 0.1) is 0 Å². The molecule has 1 rings (SSSR count). The molecule has 0 saturated carbocycles. The van der Waals surface area contributed by atoms with Crippen LogP contribution >= 0.6 is 0 Å². The summed E-state index contributed by atoms with van der Waals surface area (Å²) in [5.74, 6) is 0. The Hall–Kier alpha value is -0.130. The van der Waals surface area contributed by atoms with Crippen molar-refractivity contribution in [1.82, 2.24) is 10.0 Å². The molecule has 1 aliphatic heterocycles. The molecule has 0 aromatic heterocycles. The molecule has 4 nitrogen and oxygen atoms in total.